The molecule has 0 aliphatic carbocycles. The molecule has 0 aromatic carbocycles. The number of piperidine rings is 1. The number of hydrogen-bond donors (Lipinski definition) is 0. The van der Waals surface area contributed by atoms with Gasteiger partial charge >= 0.3 is 6.18 Å². The zero-order valence-electron chi connectivity index (χ0n) is 13.1. The molecule has 0 radical (unpaired) electrons. The zero-order chi connectivity index (χ0) is 16.6. The highest BCUT2D eigenvalue weighted by atomic mass is 19.4. The third kappa shape index (κ3) is 3.36. The number of carbonyl (C=O) groups excluding carboxylic acids is 1. The Morgan fingerprint density at radius 3 is 2.57 bits per heavy atom. The molecule has 0 bridgehead atoms. The number of likely N-dealkylation sites (tertiary alicyclic amines) is 2. The highest BCUT2D eigenvalue weighted by Gasteiger charge is 2.40. The Morgan fingerprint density at radius 2 is 1.91 bits per heavy atom. The molecule has 0 spiro atoms. The Bertz CT molecular complexity index is 578. The Balaban J connectivity index is 1.77. The van der Waals surface area contributed by atoms with E-state index in [-0.39, 0.29) is 11.6 Å². The van der Waals surface area contributed by atoms with Gasteiger partial charge in [-0.15, -0.1) is 0 Å². The largest absolute Gasteiger partial charge is 0.435 e. The lowest BCUT2D eigenvalue weighted by Crippen LogP contribution is -2.49. The first kappa shape index (κ1) is 16.3. The molecule has 2 saturated heterocycles. The lowest BCUT2D eigenvalue weighted by atomic mass is 10.0. The van der Waals surface area contributed by atoms with Crippen LogP contribution in [0.4, 0.5) is 13.2 Å². The molecule has 1 aromatic rings. The van der Waals surface area contributed by atoms with Crippen molar-refractivity contribution in [2.45, 2.75) is 37.9 Å². The van der Waals surface area contributed by atoms with Gasteiger partial charge in [-0.2, -0.15) is 18.3 Å². The fourth-order valence-corrected chi connectivity index (χ4v) is 3.57. The molecule has 2 fully saturated rings. The zero-order valence-corrected chi connectivity index (χ0v) is 13.1. The lowest BCUT2D eigenvalue weighted by Gasteiger charge is -2.37. The first-order valence-corrected chi connectivity index (χ1v) is 8.00. The van der Waals surface area contributed by atoms with E-state index in [4.69, 9.17) is 0 Å². The summed E-state index contributed by atoms with van der Waals surface area (Å²) in [5.41, 5.74) is -1.43. The molecule has 2 aliphatic rings. The van der Waals surface area contributed by atoms with Gasteiger partial charge in [-0.3, -0.25) is 14.4 Å². The summed E-state index contributed by atoms with van der Waals surface area (Å²) in [6.45, 7) is 3.06. The maximum atomic E-state index is 13.1. The van der Waals surface area contributed by atoms with Crippen LogP contribution < -0.4 is 0 Å². The average Bonchev–Trinajstić information content (AvgIpc) is 3.15. The van der Waals surface area contributed by atoms with Crippen LogP contribution in [0.1, 0.15) is 41.7 Å². The topological polar surface area (TPSA) is 41.4 Å². The van der Waals surface area contributed by atoms with Gasteiger partial charge in [0.05, 0.1) is 5.56 Å². The Labute approximate surface area is 133 Å². The minimum Gasteiger partial charge on any atom is -0.337 e. The molecule has 23 heavy (non-hydrogen) atoms. The third-order valence-electron chi connectivity index (χ3n) is 4.67. The van der Waals surface area contributed by atoms with E-state index in [9.17, 15) is 18.0 Å². The second kappa shape index (κ2) is 6.14. The minimum atomic E-state index is -4.61. The molecular weight excluding hydrogens is 309 g/mol. The Hall–Kier alpha value is -1.57. The number of hydrogen-bond acceptors (Lipinski definition) is 3. The maximum absolute atomic E-state index is 13.1. The van der Waals surface area contributed by atoms with Crippen molar-refractivity contribution in [3.63, 3.8) is 0 Å². The fourth-order valence-electron chi connectivity index (χ4n) is 3.57. The predicted octanol–water partition coefficient (Wildman–Crippen LogP) is 2.14. The Morgan fingerprint density at radius 1 is 1.22 bits per heavy atom. The van der Waals surface area contributed by atoms with Gasteiger partial charge in [-0.1, -0.05) is 0 Å². The highest BCUT2D eigenvalue weighted by molar-refractivity contribution is 5.95. The molecule has 128 valence electrons. The molecule has 0 N–H and O–H groups in total. The van der Waals surface area contributed by atoms with Gasteiger partial charge < -0.3 is 4.90 Å². The average molecular weight is 330 g/mol. The summed E-state index contributed by atoms with van der Waals surface area (Å²) in [4.78, 5) is 16.5. The van der Waals surface area contributed by atoms with Gasteiger partial charge in [0, 0.05) is 32.4 Å². The van der Waals surface area contributed by atoms with E-state index in [1.807, 2.05) is 0 Å². The van der Waals surface area contributed by atoms with Crippen LogP contribution in [0.2, 0.25) is 0 Å². The number of aryl methyl sites for hydroxylation is 1. The van der Waals surface area contributed by atoms with E-state index in [0.717, 1.165) is 43.5 Å². The standard InChI is InChI=1S/C15H21F3N4O/c1-20-10-12(13(19-20)15(16,17)18)14(23)22-8-4-5-11(9-22)21-6-2-3-7-21/h10-11H,2-9H2,1H3. The third-order valence-corrected chi connectivity index (χ3v) is 4.67. The minimum absolute atomic E-state index is 0.265. The summed E-state index contributed by atoms with van der Waals surface area (Å²) in [5, 5.41) is 3.43. The number of aromatic nitrogens is 2. The molecule has 8 heteroatoms. The Kier molecular flexibility index (Phi) is 4.35. The van der Waals surface area contributed by atoms with Crippen LogP contribution in [0.15, 0.2) is 6.20 Å². The molecular formula is C15H21F3N4O. The quantitative estimate of drug-likeness (QED) is 0.834. The molecule has 5 nitrogen and oxygen atoms in total. The van der Waals surface area contributed by atoms with Crippen LogP contribution >= 0.6 is 0 Å². The van der Waals surface area contributed by atoms with Crippen LogP contribution in [0.5, 0.6) is 0 Å². The van der Waals surface area contributed by atoms with E-state index >= 15 is 0 Å². The number of nitrogens with zero attached hydrogens (tertiary/aromatic N) is 4. The van der Waals surface area contributed by atoms with Crippen LogP contribution in [-0.4, -0.2) is 57.7 Å². The second-order valence-electron chi connectivity index (χ2n) is 6.35. The van der Waals surface area contributed by atoms with Crippen LogP contribution in [0.3, 0.4) is 0 Å². The van der Waals surface area contributed by atoms with Gasteiger partial charge in [-0.05, 0) is 38.8 Å². The molecule has 2 aliphatic heterocycles. The van der Waals surface area contributed by atoms with Crippen LogP contribution in [0.25, 0.3) is 0 Å². The van der Waals surface area contributed by atoms with Crippen molar-refractivity contribution < 1.29 is 18.0 Å². The number of carbonyl (C=O) groups is 1. The van der Waals surface area contributed by atoms with Crippen molar-refractivity contribution in [2.75, 3.05) is 26.2 Å². The molecule has 1 atom stereocenters. The first-order valence-electron chi connectivity index (χ1n) is 8.00. The van der Waals surface area contributed by atoms with Gasteiger partial charge in [0.1, 0.15) is 0 Å². The maximum Gasteiger partial charge on any atom is 0.435 e. The molecule has 1 aromatic heterocycles. The molecule has 1 unspecified atom stereocenters. The monoisotopic (exact) mass is 330 g/mol. The predicted molar refractivity (Wildman–Crippen MR) is 77.9 cm³/mol. The van der Waals surface area contributed by atoms with Crippen LogP contribution in [0, 0.1) is 0 Å². The molecule has 3 heterocycles. The SMILES string of the molecule is Cn1cc(C(=O)N2CCCC(N3CCCC3)C2)c(C(F)(F)F)n1. The molecule has 0 saturated carbocycles. The van der Waals surface area contributed by atoms with Gasteiger partial charge in [-0.25, -0.2) is 0 Å². The van der Waals surface area contributed by atoms with Crippen molar-refractivity contribution in [3.05, 3.63) is 17.5 Å². The second-order valence-corrected chi connectivity index (χ2v) is 6.35. The normalized spacial score (nSPS) is 23.5. The van der Waals surface area contributed by atoms with E-state index in [0.29, 0.717) is 13.1 Å². The summed E-state index contributed by atoms with van der Waals surface area (Å²) in [6.07, 6.45) is 0.703. The van der Waals surface area contributed by atoms with Crippen molar-refractivity contribution >= 4 is 5.91 Å². The fraction of sp³-hybridized carbons (Fsp3) is 0.733. The summed E-state index contributed by atoms with van der Waals surface area (Å²) in [6, 6.07) is 0.265. The number of alkyl halides is 3. The van der Waals surface area contributed by atoms with E-state index in [1.54, 1.807) is 4.90 Å². The van der Waals surface area contributed by atoms with Gasteiger partial charge in [0.2, 0.25) is 0 Å². The number of halogens is 3. The van der Waals surface area contributed by atoms with Crippen LogP contribution in [-0.2, 0) is 13.2 Å². The lowest BCUT2D eigenvalue weighted by molar-refractivity contribution is -0.141. The summed E-state index contributed by atoms with van der Waals surface area (Å²) >= 11 is 0. The van der Waals surface area contributed by atoms with Gasteiger partial charge in [0.15, 0.2) is 5.69 Å². The van der Waals surface area contributed by atoms with E-state index < -0.39 is 17.8 Å². The molecule has 3 rings (SSSR count). The highest BCUT2D eigenvalue weighted by Crippen LogP contribution is 2.32. The van der Waals surface area contributed by atoms with Gasteiger partial charge in [0.25, 0.3) is 5.91 Å². The summed E-state index contributed by atoms with van der Waals surface area (Å²) in [7, 11) is 1.40. The van der Waals surface area contributed by atoms with E-state index in [2.05, 4.69) is 10.00 Å². The van der Waals surface area contributed by atoms with Crippen molar-refractivity contribution in [1.82, 2.24) is 19.6 Å². The number of rotatable bonds is 2. The number of amides is 1. The first-order chi connectivity index (χ1) is 10.9. The van der Waals surface area contributed by atoms with Crippen molar-refractivity contribution in [1.29, 1.82) is 0 Å². The van der Waals surface area contributed by atoms with Crippen molar-refractivity contribution in [3.8, 4) is 0 Å². The summed E-state index contributed by atoms with van der Waals surface area (Å²) in [5.74, 6) is -0.561. The smallest absolute Gasteiger partial charge is 0.337 e. The summed E-state index contributed by atoms with van der Waals surface area (Å²) < 4.78 is 40.2. The van der Waals surface area contributed by atoms with Crippen molar-refractivity contribution in [2.24, 2.45) is 7.05 Å². The molecule has 1 amide bonds. The van der Waals surface area contributed by atoms with E-state index in [1.165, 1.54) is 13.2 Å².